The fraction of sp³-hybridized carbons (Fsp3) is 0.467. The van der Waals surface area contributed by atoms with Crippen molar-refractivity contribution >= 4 is 0 Å². The Bertz CT molecular complexity index is 415. The summed E-state index contributed by atoms with van der Waals surface area (Å²) >= 11 is 0. The van der Waals surface area contributed by atoms with Gasteiger partial charge in [-0.25, -0.2) is 0 Å². The molecule has 0 heterocycles. The van der Waals surface area contributed by atoms with Crippen molar-refractivity contribution in [3.8, 4) is 17.6 Å². The van der Waals surface area contributed by atoms with Crippen LogP contribution in [0.2, 0.25) is 0 Å². The second-order valence-electron chi connectivity index (χ2n) is 4.20. The second-order valence-corrected chi connectivity index (χ2v) is 4.20. The van der Waals surface area contributed by atoms with Crippen molar-refractivity contribution in [3.05, 3.63) is 29.3 Å². The largest absolute Gasteiger partial charge is 0.481 e. The molecule has 0 spiro atoms. The molecule has 92 valence electrons. The first-order chi connectivity index (χ1) is 8.17. The molecule has 2 N–H and O–H groups in total. The minimum absolute atomic E-state index is 0.191. The van der Waals surface area contributed by atoms with Crippen LogP contribution in [0, 0.1) is 18.8 Å². The molecule has 2 nitrogen and oxygen atoms in total. The van der Waals surface area contributed by atoms with Gasteiger partial charge in [0.15, 0.2) is 0 Å². The van der Waals surface area contributed by atoms with Crippen LogP contribution in [0.4, 0.5) is 0 Å². The van der Waals surface area contributed by atoms with E-state index in [-0.39, 0.29) is 6.04 Å². The fourth-order valence-electron chi connectivity index (χ4n) is 1.62. The summed E-state index contributed by atoms with van der Waals surface area (Å²) in [5.41, 5.74) is 8.41. The zero-order valence-electron chi connectivity index (χ0n) is 10.9. The van der Waals surface area contributed by atoms with Gasteiger partial charge in [0.05, 0.1) is 0 Å². The van der Waals surface area contributed by atoms with Crippen LogP contribution in [0.25, 0.3) is 0 Å². The predicted molar refractivity (Wildman–Crippen MR) is 72.1 cm³/mol. The maximum absolute atomic E-state index is 6.00. The molecule has 0 saturated heterocycles. The van der Waals surface area contributed by atoms with Crippen molar-refractivity contribution in [2.75, 3.05) is 6.61 Å². The van der Waals surface area contributed by atoms with E-state index in [2.05, 4.69) is 37.8 Å². The Kier molecular flexibility index (Phi) is 5.59. The van der Waals surface area contributed by atoms with Crippen molar-refractivity contribution in [1.29, 1.82) is 0 Å². The maximum atomic E-state index is 6.00. The molecule has 0 fully saturated rings. The van der Waals surface area contributed by atoms with E-state index in [0.717, 1.165) is 18.6 Å². The quantitative estimate of drug-likeness (QED) is 0.791. The SMILES string of the molecule is CC#CCOc1ccc(C)cc1CC(N)CC. The van der Waals surface area contributed by atoms with Gasteiger partial charge in [0.25, 0.3) is 0 Å². The number of ether oxygens (including phenoxy) is 1. The number of benzene rings is 1. The van der Waals surface area contributed by atoms with Crippen LogP contribution in [0.5, 0.6) is 5.75 Å². The van der Waals surface area contributed by atoms with Gasteiger partial charge in [-0.1, -0.05) is 30.5 Å². The Hall–Kier alpha value is -1.46. The van der Waals surface area contributed by atoms with E-state index in [0.29, 0.717) is 6.61 Å². The molecule has 0 aromatic heterocycles. The molecule has 1 atom stereocenters. The molecule has 2 heteroatoms. The van der Waals surface area contributed by atoms with Gasteiger partial charge in [0.1, 0.15) is 12.4 Å². The molecule has 17 heavy (non-hydrogen) atoms. The Morgan fingerprint density at radius 3 is 2.82 bits per heavy atom. The molecule has 0 aliphatic carbocycles. The van der Waals surface area contributed by atoms with E-state index in [1.165, 1.54) is 11.1 Å². The molecule has 1 rings (SSSR count). The molecule has 0 aliphatic rings. The van der Waals surface area contributed by atoms with E-state index in [9.17, 15) is 0 Å². The van der Waals surface area contributed by atoms with Crippen molar-refractivity contribution in [1.82, 2.24) is 0 Å². The fourth-order valence-corrected chi connectivity index (χ4v) is 1.62. The molecule has 0 amide bonds. The third kappa shape index (κ3) is 4.50. The first-order valence-electron chi connectivity index (χ1n) is 6.04. The van der Waals surface area contributed by atoms with Gasteiger partial charge in [0.2, 0.25) is 0 Å². The summed E-state index contributed by atoms with van der Waals surface area (Å²) < 4.78 is 5.65. The molecule has 0 saturated carbocycles. The van der Waals surface area contributed by atoms with Gasteiger partial charge in [0, 0.05) is 6.04 Å². The lowest BCUT2D eigenvalue weighted by molar-refractivity contribution is 0.364. The standard InChI is InChI=1S/C15H21NO/c1-4-6-9-17-15-8-7-12(3)10-13(15)11-14(16)5-2/h7-8,10,14H,5,9,11,16H2,1-3H3. The summed E-state index contributed by atoms with van der Waals surface area (Å²) in [6.07, 6.45) is 1.83. The number of hydrogen-bond donors (Lipinski definition) is 1. The molecule has 0 aliphatic heterocycles. The van der Waals surface area contributed by atoms with Crippen LogP contribution in [0.15, 0.2) is 18.2 Å². The molecule has 0 radical (unpaired) electrons. The van der Waals surface area contributed by atoms with E-state index in [1.54, 1.807) is 0 Å². The molecule has 1 aromatic rings. The average molecular weight is 231 g/mol. The lowest BCUT2D eigenvalue weighted by atomic mass is 10.0. The Morgan fingerprint density at radius 2 is 2.18 bits per heavy atom. The van der Waals surface area contributed by atoms with Crippen LogP contribution in [-0.2, 0) is 6.42 Å². The lowest BCUT2D eigenvalue weighted by Crippen LogP contribution is -2.21. The highest BCUT2D eigenvalue weighted by Gasteiger charge is 2.08. The monoisotopic (exact) mass is 231 g/mol. The maximum Gasteiger partial charge on any atom is 0.149 e. The van der Waals surface area contributed by atoms with Gasteiger partial charge in [-0.15, -0.1) is 5.92 Å². The molecule has 1 unspecified atom stereocenters. The zero-order chi connectivity index (χ0) is 12.7. The minimum atomic E-state index is 0.191. The summed E-state index contributed by atoms with van der Waals surface area (Å²) in [5.74, 6) is 6.63. The summed E-state index contributed by atoms with van der Waals surface area (Å²) in [5, 5.41) is 0. The van der Waals surface area contributed by atoms with Gasteiger partial charge in [-0.05, 0) is 38.3 Å². The van der Waals surface area contributed by atoms with Crippen molar-refractivity contribution in [2.24, 2.45) is 5.73 Å². The van der Waals surface area contributed by atoms with Gasteiger partial charge in [-0.3, -0.25) is 0 Å². The molecular formula is C15H21NO. The Morgan fingerprint density at radius 1 is 1.41 bits per heavy atom. The van der Waals surface area contributed by atoms with E-state index < -0.39 is 0 Å². The van der Waals surface area contributed by atoms with Crippen LogP contribution in [0.3, 0.4) is 0 Å². The highest BCUT2D eigenvalue weighted by molar-refractivity contribution is 5.37. The average Bonchev–Trinajstić information content (AvgIpc) is 2.32. The van der Waals surface area contributed by atoms with Crippen LogP contribution in [0.1, 0.15) is 31.4 Å². The Labute approximate surface area is 104 Å². The van der Waals surface area contributed by atoms with E-state index in [4.69, 9.17) is 10.5 Å². The molecular weight excluding hydrogens is 210 g/mol. The van der Waals surface area contributed by atoms with Crippen LogP contribution in [-0.4, -0.2) is 12.6 Å². The summed E-state index contributed by atoms with van der Waals surface area (Å²) in [6.45, 7) is 6.43. The van der Waals surface area contributed by atoms with Gasteiger partial charge in [-0.2, -0.15) is 0 Å². The van der Waals surface area contributed by atoms with Crippen molar-refractivity contribution in [2.45, 2.75) is 39.7 Å². The lowest BCUT2D eigenvalue weighted by Gasteiger charge is -2.14. The second kappa shape index (κ2) is 6.98. The molecule has 1 aromatic carbocycles. The summed E-state index contributed by atoms with van der Waals surface area (Å²) in [6, 6.07) is 6.39. The smallest absolute Gasteiger partial charge is 0.149 e. The third-order valence-corrected chi connectivity index (χ3v) is 2.70. The van der Waals surface area contributed by atoms with Crippen molar-refractivity contribution in [3.63, 3.8) is 0 Å². The normalized spacial score (nSPS) is 11.5. The van der Waals surface area contributed by atoms with Gasteiger partial charge < -0.3 is 10.5 Å². The number of nitrogens with two attached hydrogens (primary N) is 1. The zero-order valence-corrected chi connectivity index (χ0v) is 10.9. The number of aryl methyl sites for hydroxylation is 1. The summed E-state index contributed by atoms with van der Waals surface area (Å²) in [4.78, 5) is 0. The van der Waals surface area contributed by atoms with E-state index in [1.807, 2.05) is 13.0 Å². The highest BCUT2D eigenvalue weighted by atomic mass is 16.5. The molecule has 0 bridgehead atoms. The van der Waals surface area contributed by atoms with Crippen LogP contribution < -0.4 is 10.5 Å². The Balaban J connectivity index is 2.82. The minimum Gasteiger partial charge on any atom is -0.481 e. The summed E-state index contributed by atoms with van der Waals surface area (Å²) in [7, 11) is 0. The highest BCUT2D eigenvalue weighted by Crippen LogP contribution is 2.21. The number of hydrogen-bond acceptors (Lipinski definition) is 2. The van der Waals surface area contributed by atoms with Crippen LogP contribution >= 0.6 is 0 Å². The topological polar surface area (TPSA) is 35.2 Å². The predicted octanol–water partition coefficient (Wildman–Crippen LogP) is 2.68. The first kappa shape index (κ1) is 13.6. The van der Waals surface area contributed by atoms with E-state index >= 15 is 0 Å². The first-order valence-corrected chi connectivity index (χ1v) is 6.04. The van der Waals surface area contributed by atoms with Gasteiger partial charge >= 0.3 is 0 Å². The number of rotatable bonds is 5. The van der Waals surface area contributed by atoms with Crippen molar-refractivity contribution < 1.29 is 4.74 Å². The third-order valence-electron chi connectivity index (χ3n) is 2.70.